The van der Waals surface area contributed by atoms with Gasteiger partial charge in [-0.15, -0.1) is 0 Å². The molecule has 1 unspecified atom stereocenters. The molecule has 1 saturated heterocycles. The molecule has 0 saturated carbocycles. The number of halogens is 1. The molecule has 1 aliphatic heterocycles. The van der Waals surface area contributed by atoms with Crippen LogP contribution < -0.4 is 10.1 Å². The first-order chi connectivity index (χ1) is 16.7. The van der Waals surface area contributed by atoms with Gasteiger partial charge in [0.15, 0.2) is 5.15 Å². The number of hydrogen-bond acceptors (Lipinski definition) is 6. The monoisotopic (exact) mass is 494 g/mol. The quantitative estimate of drug-likeness (QED) is 0.518. The molecule has 4 rings (SSSR count). The number of nitrogens with zero attached hydrogens (tertiary/aromatic N) is 3. The molecule has 3 aromatic rings. The molecule has 2 heterocycles. The van der Waals surface area contributed by atoms with E-state index in [-0.39, 0.29) is 30.1 Å². The number of carbonyl (C=O) groups excluding carboxylic acids is 2. The molecule has 0 bridgehead atoms. The lowest BCUT2D eigenvalue weighted by Crippen LogP contribution is -2.57. The summed E-state index contributed by atoms with van der Waals surface area (Å²) >= 11 is 6.33. The number of para-hydroxylation sites is 1. The summed E-state index contributed by atoms with van der Waals surface area (Å²) in [6.45, 7) is 5.98. The van der Waals surface area contributed by atoms with Crippen LogP contribution in [-0.4, -0.2) is 45.6 Å². The van der Waals surface area contributed by atoms with Crippen LogP contribution in [0.4, 0.5) is 4.79 Å². The van der Waals surface area contributed by atoms with E-state index in [1.165, 1.54) is 17.3 Å². The van der Waals surface area contributed by atoms with E-state index >= 15 is 0 Å². The van der Waals surface area contributed by atoms with Gasteiger partial charge >= 0.3 is 6.09 Å². The fraction of sp³-hybridized carbons (Fsp3) is 0.308. The van der Waals surface area contributed by atoms with Gasteiger partial charge in [-0.3, -0.25) is 9.78 Å². The van der Waals surface area contributed by atoms with Gasteiger partial charge in [0.2, 0.25) is 5.91 Å². The zero-order valence-corrected chi connectivity index (χ0v) is 20.5. The number of carbonyl (C=O) groups is 2. The fourth-order valence-electron chi connectivity index (χ4n) is 3.57. The van der Waals surface area contributed by atoms with Crippen molar-refractivity contribution in [2.75, 3.05) is 13.1 Å². The van der Waals surface area contributed by atoms with Crippen molar-refractivity contribution < 1.29 is 19.1 Å². The van der Waals surface area contributed by atoms with Crippen LogP contribution in [0.2, 0.25) is 5.15 Å². The van der Waals surface area contributed by atoms with E-state index in [0.29, 0.717) is 11.4 Å². The molecule has 1 aliphatic rings. The third kappa shape index (κ3) is 6.27. The highest BCUT2D eigenvalue weighted by Gasteiger charge is 2.39. The second-order valence-corrected chi connectivity index (χ2v) is 9.60. The van der Waals surface area contributed by atoms with Gasteiger partial charge in [-0.05, 0) is 50.6 Å². The fourth-order valence-corrected chi connectivity index (χ4v) is 3.78. The van der Waals surface area contributed by atoms with E-state index in [9.17, 15) is 9.59 Å². The van der Waals surface area contributed by atoms with Crippen LogP contribution in [0, 0.1) is 5.92 Å². The average molecular weight is 495 g/mol. The molecule has 2 aromatic carbocycles. The number of likely N-dealkylation sites (tertiary alicyclic amines) is 1. The first-order valence-corrected chi connectivity index (χ1v) is 11.6. The molecule has 1 aromatic heterocycles. The van der Waals surface area contributed by atoms with Crippen LogP contribution in [-0.2, 0) is 9.53 Å². The molecule has 1 fully saturated rings. The maximum Gasteiger partial charge on any atom is 0.410 e. The number of amides is 2. The first-order valence-electron chi connectivity index (χ1n) is 11.3. The number of benzene rings is 2. The van der Waals surface area contributed by atoms with Gasteiger partial charge in [0, 0.05) is 25.5 Å². The summed E-state index contributed by atoms with van der Waals surface area (Å²) in [7, 11) is 0. The van der Waals surface area contributed by atoms with Crippen LogP contribution in [0.5, 0.6) is 11.5 Å². The third-order valence-corrected chi connectivity index (χ3v) is 5.63. The Morgan fingerprint density at radius 3 is 2.26 bits per heavy atom. The maximum atomic E-state index is 13.0. The predicted molar refractivity (Wildman–Crippen MR) is 131 cm³/mol. The van der Waals surface area contributed by atoms with Gasteiger partial charge < -0.3 is 19.7 Å². The Kier molecular flexibility index (Phi) is 7.21. The van der Waals surface area contributed by atoms with Crippen molar-refractivity contribution in [1.29, 1.82) is 0 Å². The van der Waals surface area contributed by atoms with Gasteiger partial charge in [0.05, 0.1) is 12.0 Å². The van der Waals surface area contributed by atoms with Gasteiger partial charge in [-0.25, -0.2) is 9.78 Å². The van der Waals surface area contributed by atoms with E-state index in [1.54, 1.807) is 20.8 Å². The highest BCUT2D eigenvalue weighted by molar-refractivity contribution is 6.30. The van der Waals surface area contributed by atoms with Crippen molar-refractivity contribution in [2.24, 2.45) is 5.92 Å². The lowest BCUT2D eigenvalue weighted by atomic mass is 9.97. The Morgan fingerprint density at radius 1 is 1.00 bits per heavy atom. The second-order valence-electron chi connectivity index (χ2n) is 9.24. The lowest BCUT2D eigenvalue weighted by Gasteiger charge is -2.39. The molecule has 0 aliphatic carbocycles. The predicted octanol–water partition coefficient (Wildman–Crippen LogP) is 4.99. The normalized spacial score (nSPS) is 14.6. The second kappa shape index (κ2) is 10.3. The maximum absolute atomic E-state index is 13.0. The molecule has 0 spiro atoms. The largest absolute Gasteiger partial charge is 0.457 e. The van der Waals surface area contributed by atoms with Crippen molar-refractivity contribution in [2.45, 2.75) is 32.4 Å². The molecule has 9 heteroatoms. The lowest BCUT2D eigenvalue weighted by molar-refractivity contribution is -0.130. The summed E-state index contributed by atoms with van der Waals surface area (Å²) < 4.78 is 11.2. The number of nitrogens with one attached hydrogen (secondary N) is 1. The van der Waals surface area contributed by atoms with Crippen LogP contribution in [0.1, 0.15) is 38.1 Å². The Hall–Kier alpha value is -3.65. The van der Waals surface area contributed by atoms with Crippen LogP contribution in [0.25, 0.3) is 0 Å². The van der Waals surface area contributed by atoms with Gasteiger partial charge in [-0.1, -0.05) is 41.9 Å². The highest BCUT2D eigenvalue weighted by Crippen LogP contribution is 2.29. The summed E-state index contributed by atoms with van der Waals surface area (Å²) in [5.41, 5.74) is 0.612. The summed E-state index contributed by atoms with van der Waals surface area (Å²) in [5.74, 6) is 0.811. The van der Waals surface area contributed by atoms with E-state index in [2.05, 4.69) is 15.3 Å². The topological polar surface area (TPSA) is 93.7 Å². The molecular formula is C26H27ClN4O4. The Labute approximate surface area is 209 Å². The molecule has 8 nitrogen and oxygen atoms in total. The zero-order valence-electron chi connectivity index (χ0n) is 19.8. The number of hydrogen-bond donors (Lipinski definition) is 1. The van der Waals surface area contributed by atoms with Crippen molar-refractivity contribution >= 4 is 23.6 Å². The number of ether oxygens (including phenoxy) is 2. The van der Waals surface area contributed by atoms with E-state index < -0.39 is 17.7 Å². The zero-order chi connectivity index (χ0) is 25.0. The highest BCUT2D eigenvalue weighted by atomic mass is 35.5. The minimum absolute atomic E-state index is 0.200. The van der Waals surface area contributed by atoms with Gasteiger partial charge in [-0.2, -0.15) is 0 Å². The SMILES string of the molecule is CC(C)(C)OC(=O)N1CC(C(=O)NC(c2ccc(Oc3ccccc3)cc2)c2nccnc2Cl)C1. The van der Waals surface area contributed by atoms with Crippen LogP contribution in [0.3, 0.4) is 0 Å². The molecule has 182 valence electrons. The molecule has 35 heavy (non-hydrogen) atoms. The van der Waals surface area contributed by atoms with Crippen LogP contribution in [0.15, 0.2) is 67.0 Å². The smallest absolute Gasteiger partial charge is 0.410 e. The minimum Gasteiger partial charge on any atom is -0.457 e. The number of aromatic nitrogens is 2. The summed E-state index contributed by atoms with van der Waals surface area (Å²) in [4.78, 5) is 35.2. The number of rotatable bonds is 6. The third-order valence-electron chi connectivity index (χ3n) is 5.34. The molecule has 2 amide bonds. The average Bonchev–Trinajstić information content (AvgIpc) is 2.77. The van der Waals surface area contributed by atoms with Crippen molar-refractivity contribution in [3.8, 4) is 11.5 Å². The molecule has 1 atom stereocenters. The van der Waals surface area contributed by atoms with E-state index in [1.807, 2.05) is 54.6 Å². The Bertz CT molecular complexity index is 1180. The van der Waals surface area contributed by atoms with Crippen LogP contribution >= 0.6 is 11.6 Å². The molecule has 1 N–H and O–H groups in total. The first kappa shape index (κ1) is 24.5. The standard InChI is InChI=1S/C26H27ClN4O4/c1-26(2,3)35-25(33)31-15-18(16-31)24(32)30-21(22-23(27)29-14-13-28-22)17-9-11-20(12-10-17)34-19-7-5-4-6-8-19/h4-14,18,21H,15-16H2,1-3H3,(H,30,32). The summed E-state index contributed by atoms with van der Waals surface area (Å²) in [6.07, 6.45) is 2.59. The van der Waals surface area contributed by atoms with Crippen molar-refractivity contribution in [1.82, 2.24) is 20.2 Å². The van der Waals surface area contributed by atoms with E-state index in [4.69, 9.17) is 21.1 Å². The minimum atomic E-state index is -0.620. The Morgan fingerprint density at radius 2 is 1.63 bits per heavy atom. The molecular weight excluding hydrogens is 468 g/mol. The van der Waals surface area contributed by atoms with Gasteiger partial charge in [0.1, 0.15) is 22.8 Å². The van der Waals surface area contributed by atoms with Gasteiger partial charge in [0.25, 0.3) is 0 Å². The van der Waals surface area contributed by atoms with Crippen molar-refractivity contribution in [3.63, 3.8) is 0 Å². The van der Waals surface area contributed by atoms with Crippen molar-refractivity contribution in [3.05, 3.63) is 83.4 Å². The summed E-state index contributed by atoms with van der Waals surface area (Å²) in [5, 5.41) is 3.22. The molecule has 0 radical (unpaired) electrons. The Balaban J connectivity index is 1.47. The summed E-state index contributed by atoms with van der Waals surface area (Å²) in [6, 6.07) is 16.2. The van der Waals surface area contributed by atoms with E-state index in [0.717, 1.165) is 11.3 Å².